The molecule has 1 fully saturated rings. The van der Waals surface area contributed by atoms with Gasteiger partial charge in [-0.2, -0.15) is 4.98 Å². The number of hydrogen-bond acceptors (Lipinski definition) is 13. The molecule has 66 heavy (non-hydrogen) atoms. The molecule has 0 atom stereocenters. The van der Waals surface area contributed by atoms with Gasteiger partial charge in [-0.05, 0) is 104 Å². The lowest BCUT2D eigenvalue weighted by Gasteiger charge is -2.12. The van der Waals surface area contributed by atoms with Crippen LogP contribution in [0.5, 0.6) is 11.6 Å². The molecule has 340 valence electrons. The fraction of sp³-hybridized carbons (Fsp3) is 0.208. The maximum atomic E-state index is 13.3. The van der Waals surface area contributed by atoms with Crippen molar-refractivity contribution in [2.75, 3.05) is 42.7 Å². The summed E-state index contributed by atoms with van der Waals surface area (Å²) >= 11 is 2.74. The summed E-state index contributed by atoms with van der Waals surface area (Å²) in [6, 6.07) is 25.4. The van der Waals surface area contributed by atoms with Crippen molar-refractivity contribution in [1.82, 2.24) is 15.3 Å². The van der Waals surface area contributed by atoms with E-state index in [1.165, 1.54) is 54.3 Å². The number of carbonyl (C=O) groups is 3. The van der Waals surface area contributed by atoms with Gasteiger partial charge in [-0.1, -0.05) is 53.4 Å². The zero-order valence-electron chi connectivity index (χ0n) is 36.2. The number of pyridine rings is 1. The van der Waals surface area contributed by atoms with Gasteiger partial charge in [0.15, 0.2) is 10.3 Å². The summed E-state index contributed by atoms with van der Waals surface area (Å²) < 4.78 is 37.3. The van der Waals surface area contributed by atoms with Crippen molar-refractivity contribution in [3.63, 3.8) is 0 Å². The third-order valence-corrected chi connectivity index (χ3v) is 11.1. The van der Waals surface area contributed by atoms with E-state index in [9.17, 15) is 28.3 Å². The molecule has 2 aliphatic rings. The number of ether oxygens (including phenoxy) is 2. The monoisotopic (exact) mass is 932 g/mol. The number of rotatable bonds is 14. The normalized spacial score (nSPS) is 13.6. The highest BCUT2D eigenvalue weighted by Crippen LogP contribution is 2.30. The molecule has 0 spiro atoms. The minimum Gasteiger partial charge on any atom is -0.493 e. The second-order valence-electron chi connectivity index (χ2n) is 14.3. The Morgan fingerprint density at radius 1 is 0.955 bits per heavy atom. The number of amidine groups is 2. The first-order valence-corrected chi connectivity index (χ1v) is 22.5. The molecule has 0 saturated carbocycles. The second-order valence-corrected chi connectivity index (χ2v) is 16.3. The summed E-state index contributed by atoms with van der Waals surface area (Å²) in [6.45, 7) is 7.30. The zero-order valence-corrected chi connectivity index (χ0v) is 37.8. The van der Waals surface area contributed by atoms with Crippen LogP contribution in [0.2, 0.25) is 0 Å². The number of halogens is 2. The Hall–Kier alpha value is -7.31. The predicted molar refractivity (Wildman–Crippen MR) is 256 cm³/mol. The molecule has 0 aliphatic carbocycles. The number of aldehydes is 1. The lowest BCUT2D eigenvalue weighted by molar-refractivity contribution is -0.117. The van der Waals surface area contributed by atoms with Gasteiger partial charge in [0.25, 0.3) is 0 Å². The van der Waals surface area contributed by atoms with Crippen LogP contribution in [0.3, 0.4) is 0 Å². The summed E-state index contributed by atoms with van der Waals surface area (Å²) in [5, 5.41) is 30.1. The van der Waals surface area contributed by atoms with Crippen LogP contribution in [-0.4, -0.2) is 76.2 Å². The van der Waals surface area contributed by atoms with Gasteiger partial charge in [0.2, 0.25) is 17.7 Å². The van der Waals surface area contributed by atoms with E-state index < -0.39 is 0 Å². The van der Waals surface area contributed by atoms with Gasteiger partial charge in [-0.3, -0.25) is 24.8 Å². The van der Waals surface area contributed by atoms with E-state index in [1.807, 2.05) is 50.3 Å². The standard InChI is InChI=1S/C23H21FN4O2S.C14H14N2O3.C11H11FN2OS/c1-2-30-19-13-21(25)27-18-7-6-15(11-17(18)19)12-20-22(29)28-23(31-20)26-9-8-14-4-3-5-16(24)10-14;1-3-19-13-7-14(15-9(2)18)16-12-5-4-10(8-17)6-11(12)13;12-9-3-1-2-8(6-9)4-5-13-11-14-10(15)7-16-11/h3-7,10-13,25,29H,2,8-9H2,1H3,(H,26,28);4-8H,3H2,1-2H3,(H,15,16,18);1-3,6H,4-5,7H2,(H,13,14,15). The SMILES string of the molecule is CCOC1=CC(=N)N=c2ccc(=Cc3sc(NCCc4cccc(F)c4)nc3O)cc21.CCOc1cc(NC(C)=O)nc2ccc(C=O)cc12.O=C1CSC(=NCCc2cccc(F)c2)N1. The highest BCUT2D eigenvalue weighted by molar-refractivity contribution is 8.15. The number of aliphatic imine (C=N–C) groups is 1. The molecule has 14 nitrogen and oxygen atoms in total. The van der Waals surface area contributed by atoms with E-state index in [0.29, 0.717) is 93.8 Å². The van der Waals surface area contributed by atoms with E-state index in [4.69, 9.17) is 14.9 Å². The van der Waals surface area contributed by atoms with E-state index in [1.54, 1.807) is 42.5 Å². The molecule has 0 radical (unpaired) electrons. The van der Waals surface area contributed by atoms with E-state index >= 15 is 0 Å². The summed E-state index contributed by atoms with van der Waals surface area (Å²) in [5.41, 5.74) is 3.84. The minimum atomic E-state index is -0.252. The number of benzene rings is 4. The average Bonchev–Trinajstić information content (AvgIpc) is 3.87. The Bertz CT molecular complexity index is 2940. The van der Waals surface area contributed by atoms with Crippen molar-refractivity contribution in [2.24, 2.45) is 9.98 Å². The molecule has 2 amide bonds. The number of hydrogen-bond donors (Lipinski definition) is 5. The maximum absolute atomic E-state index is 13.3. The highest BCUT2D eigenvalue weighted by Gasteiger charge is 2.16. The first kappa shape index (κ1) is 48.2. The number of nitrogens with one attached hydrogen (secondary N) is 4. The number of aromatic hydroxyl groups is 1. The van der Waals surface area contributed by atoms with Crippen molar-refractivity contribution < 1.29 is 37.7 Å². The first-order valence-electron chi connectivity index (χ1n) is 20.7. The summed E-state index contributed by atoms with van der Waals surface area (Å²) in [4.78, 5) is 50.3. The van der Waals surface area contributed by atoms with Crippen molar-refractivity contribution in [3.8, 4) is 11.6 Å². The number of anilines is 2. The van der Waals surface area contributed by atoms with Crippen LogP contribution in [0, 0.1) is 17.0 Å². The number of thioether (sulfide) groups is 1. The van der Waals surface area contributed by atoms with Crippen molar-refractivity contribution in [3.05, 3.63) is 146 Å². The molecule has 0 unspecified atom stereocenters. The molecule has 8 rings (SSSR count). The molecule has 2 aromatic heterocycles. The van der Waals surface area contributed by atoms with Gasteiger partial charge in [0.1, 0.15) is 41.1 Å². The Kier molecular flexibility index (Phi) is 17.2. The molecule has 5 N–H and O–H groups in total. The fourth-order valence-electron chi connectivity index (χ4n) is 6.42. The Morgan fingerprint density at radius 2 is 1.70 bits per heavy atom. The van der Waals surface area contributed by atoms with Crippen LogP contribution < -0.4 is 31.3 Å². The number of thiazole rings is 1. The van der Waals surface area contributed by atoms with Crippen molar-refractivity contribution in [1.29, 1.82) is 5.41 Å². The van der Waals surface area contributed by atoms with Crippen molar-refractivity contribution in [2.45, 2.75) is 33.6 Å². The van der Waals surface area contributed by atoms with Gasteiger partial charge in [-0.15, -0.1) is 0 Å². The fourth-order valence-corrected chi connectivity index (χ4v) is 7.98. The smallest absolute Gasteiger partial charge is 0.236 e. The number of amides is 2. The second kappa shape index (κ2) is 23.6. The molecule has 0 bridgehead atoms. The van der Waals surface area contributed by atoms with Crippen LogP contribution in [0.4, 0.5) is 19.7 Å². The van der Waals surface area contributed by atoms with E-state index in [-0.39, 0.29) is 35.2 Å². The zero-order chi connectivity index (χ0) is 47.0. The van der Waals surface area contributed by atoms with Gasteiger partial charge < -0.3 is 30.5 Å². The minimum absolute atomic E-state index is 0.00509. The lowest BCUT2D eigenvalue weighted by atomic mass is 10.1. The topological polar surface area (TPSA) is 200 Å². The molecule has 4 heterocycles. The number of fused-ring (bicyclic) bond motifs is 2. The van der Waals surface area contributed by atoms with E-state index in [0.717, 1.165) is 33.6 Å². The molecular weight excluding hydrogens is 887 g/mol. The van der Waals surface area contributed by atoms with Gasteiger partial charge in [-0.25, -0.2) is 18.8 Å². The summed E-state index contributed by atoms with van der Waals surface area (Å²) in [5.74, 6) is 1.51. The number of carbonyl (C=O) groups excluding carboxylic acids is 3. The maximum Gasteiger partial charge on any atom is 0.236 e. The largest absolute Gasteiger partial charge is 0.493 e. The van der Waals surface area contributed by atoms with Crippen LogP contribution >= 0.6 is 23.1 Å². The van der Waals surface area contributed by atoms with Crippen molar-refractivity contribution >= 4 is 85.9 Å². The molecule has 1 saturated heterocycles. The lowest BCUT2D eigenvalue weighted by Crippen LogP contribution is -2.20. The summed E-state index contributed by atoms with van der Waals surface area (Å²) in [7, 11) is 0. The summed E-state index contributed by atoms with van der Waals surface area (Å²) in [6.07, 6.45) is 5.54. The number of nitrogens with zero attached hydrogens (tertiary/aromatic N) is 4. The Morgan fingerprint density at radius 3 is 2.36 bits per heavy atom. The van der Waals surface area contributed by atoms with E-state index in [2.05, 4.69) is 35.9 Å². The molecule has 4 aromatic carbocycles. The van der Waals surface area contributed by atoms with Crippen LogP contribution in [0.15, 0.2) is 107 Å². The Labute approximate surface area is 387 Å². The first-order chi connectivity index (χ1) is 31.9. The number of aromatic nitrogens is 2. The molecule has 2 aliphatic heterocycles. The third-order valence-electron chi connectivity index (χ3n) is 9.27. The molecule has 6 aromatic rings. The van der Waals surface area contributed by atoms with Gasteiger partial charge in [0.05, 0.1) is 34.7 Å². The molecule has 18 heteroatoms. The third kappa shape index (κ3) is 14.1. The molecular formula is C48H46F2N8O6S2. The quantitative estimate of drug-likeness (QED) is 0.0684. The average molecular weight is 933 g/mol. The predicted octanol–water partition coefficient (Wildman–Crippen LogP) is 7.45. The van der Waals surface area contributed by atoms with Crippen LogP contribution in [0.1, 0.15) is 52.7 Å². The van der Waals surface area contributed by atoms with Gasteiger partial charge in [0, 0.05) is 48.7 Å². The van der Waals surface area contributed by atoms with Crippen LogP contribution in [-0.2, 0) is 27.2 Å². The van der Waals surface area contributed by atoms with Gasteiger partial charge >= 0.3 is 0 Å². The highest BCUT2D eigenvalue weighted by atomic mass is 32.2. The van der Waals surface area contributed by atoms with Crippen LogP contribution in [0.25, 0.3) is 22.7 Å². The Balaban J connectivity index is 0.000000176.